The van der Waals surface area contributed by atoms with Gasteiger partial charge in [-0.05, 0) is 136 Å². The number of ether oxygens (including phenoxy) is 1. The van der Waals surface area contributed by atoms with Crippen LogP contribution in [0.4, 0.5) is 13.2 Å². The van der Waals surface area contributed by atoms with E-state index in [1.54, 1.807) is 24.3 Å². The molecule has 0 saturated heterocycles. The zero-order valence-corrected chi connectivity index (χ0v) is 24.2. The molecule has 4 rings (SSSR count). The van der Waals surface area contributed by atoms with E-state index in [2.05, 4.69) is 13.5 Å². The van der Waals surface area contributed by atoms with Crippen LogP contribution in [0.5, 0.6) is 5.75 Å². The van der Waals surface area contributed by atoms with Gasteiger partial charge in [-0.1, -0.05) is 37.6 Å². The van der Waals surface area contributed by atoms with Crippen molar-refractivity contribution in [2.45, 2.75) is 115 Å². The van der Waals surface area contributed by atoms with Crippen molar-refractivity contribution in [2.75, 3.05) is 6.61 Å². The number of halogens is 3. The SMILES string of the molecule is C=CCCCOc1ccc(C2CCC(CCc3ccc(C4CCC(C(O)CCC)CC4)c(F)c3F)CC2)cc1F. The number of benzene rings is 2. The van der Waals surface area contributed by atoms with Crippen molar-refractivity contribution in [3.8, 4) is 5.75 Å². The molecule has 2 fully saturated rings. The van der Waals surface area contributed by atoms with Crippen molar-refractivity contribution in [1.82, 2.24) is 0 Å². The van der Waals surface area contributed by atoms with Gasteiger partial charge in [-0.25, -0.2) is 13.2 Å². The molecule has 5 heteroatoms. The van der Waals surface area contributed by atoms with Crippen molar-refractivity contribution < 1.29 is 23.0 Å². The van der Waals surface area contributed by atoms with Gasteiger partial charge in [0.15, 0.2) is 23.2 Å². The van der Waals surface area contributed by atoms with E-state index in [1.807, 2.05) is 12.1 Å². The molecule has 2 aliphatic carbocycles. The highest BCUT2D eigenvalue weighted by molar-refractivity contribution is 5.32. The lowest BCUT2D eigenvalue weighted by Gasteiger charge is -2.32. The van der Waals surface area contributed by atoms with Crippen molar-refractivity contribution in [1.29, 1.82) is 0 Å². The molecule has 1 unspecified atom stereocenters. The fourth-order valence-electron chi connectivity index (χ4n) is 6.90. The largest absolute Gasteiger partial charge is 0.491 e. The van der Waals surface area contributed by atoms with Crippen molar-refractivity contribution in [2.24, 2.45) is 11.8 Å². The van der Waals surface area contributed by atoms with Crippen LogP contribution in [-0.2, 0) is 6.42 Å². The van der Waals surface area contributed by atoms with E-state index in [0.717, 1.165) is 89.0 Å². The van der Waals surface area contributed by atoms with E-state index in [0.29, 0.717) is 41.7 Å². The van der Waals surface area contributed by atoms with Crippen molar-refractivity contribution >= 4 is 0 Å². The van der Waals surface area contributed by atoms with Crippen molar-refractivity contribution in [3.05, 3.63) is 77.1 Å². The Hall–Kier alpha value is -2.27. The van der Waals surface area contributed by atoms with Gasteiger partial charge in [0.25, 0.3) is 0 Å². The first kappa shape index (κ1) is 30.7. The Morgan fingerprint density at radius 1 is 0.950 bits per heavy atom. The van der Waals surface area contributed by atoms with Gasteiger partial charge in [0, 0.05) is 0 Å². The molecule has 1 N–H and O–H groups in total. The number of rotatable bonds is 13. The third-order valence-electron chi connectivity index (χ3n) is 9.44. The topological polar surface area (TPSA) is 29.5 Å². The predicted molar refractivity (Wildman–Crippen MR) is 156 cm³/mol. The quantitative estimate of drug-likeness (QED) is 0.197. The number of unbranched alkanes of at least 4 members (excludes halogenated alkanes) is 1. The molecule has 0 radical (unpaired) electrons. The molecule has 0 aliphatic heterocycles. The van der Waals surface area contributed by atoms with Gasteiger partial charge in [-0.15, -0.1) is 6.58 Å². The minimum atomic E-state index is -0.679. The molecule has 2 aliphatic rings. The molecule has 2 nitrogen and oxygen atoms in total. The Morgan fingerprint density at radius 3 is 2.35 bits per heavy atom. The molecule has 2 saturated carbocycles. The third-order valence-corrected chi connectivity index (χ3v) is 9.44. The number of hydrogen-bond acceptors (Lipinski definition) is 2. The maximum absolute atomic E-state index is 15.1. The number of hydrogen-bond donors (Lipinski definition) is 1. The van der Waals surface area contributed by atoms with Crippen LogP contribution in [0.15, 0.2) is 43.0 Å². The second-order valence-electron chi connectivity index (χ2n) is 12.1. The van der Waals surface area contributed by atoms with E-state index in [4.69, 9.17) is 4.74 Å². The minimum absolute atomic E-state index is 0.0339. The van der Waals surface area contributed by atoms with E-state index in [1.165, 1.54) is 0 Å². The molecular weight excluding hydrogens is 509 g/mol. The Bertz CT molecular complexity index is 1080. The average molecular weight is 557 g/mol. The Morgan fingerprint density at radius 2 is 1.68 bits per heavy atom. The summed E-state index contributed by atoms with van der Waals surface area (Å²) in [5.41, 5.74) is 2.00. The summed E-state index contributed by atoms with van der Waals surface area (Å²) in [6.07, 6.45) is 13.7. The second-order valence-corrected chi connectivity index (χ2v) is 12.1. The van der Waals surface area contributed by atoms with E-state index >= 15 is 8.78 Å². The molecular formula is C35H47F3O2. The van der Waals surface area contributed by atoms with Crippen LogP contribution >= 0.6 is 0 Å². The summed E-state index contributed by atoms with van der Waals surface area (Å²) in [7, 11) is 0. The van der Waals surface area contributed by atoms with Crippen LogP contribution in [0, 0.1) is 29.3 Å². The second kappa shape index (κ2) is 15.1. The normalized spacial score (nSPS) is 24.0. The number of aliphatic hydroxyl groups excluding tert-OH is 1. The highest BCUT2D eigenvalue weighted by Gasteiger charge is 2.30. The molecule has 0 spiro atoms. The smallest absolute Gasteiger partial charge is 0.165 e. The third kappa shape index (κ3) is 7.93. The molecule has 2 aromatic rings. The van der Waals surface area contributed by atoms with Gasteiger partial charge in [0.2, 0.25) is 0 Å². The average Bonchev–Trinajstić information content (AvgIpc) is 2.97. The first-order valence-corrected chi connectivity index (χ1v) is 15.6. The summed E-state index contributed by atoms with van der Waals surface area (Å²) in [6, 6.07) is 8.94. The molecule has 220 valence electrons. The summed E-state index contributed by atoms with van der Waals surface area (Å²) in [6.45, 7) is 6.24. The number of aryl methyl sites for hydroxylation is 1. The van der Waals surface area contributed by atoms with Crippen LogP contribution < -0.4 is 4.74 Å². The molecule has 0 amide bonds. The van der Waals surface area contributed by atoms with Gasteiger partial charge in [0.05, 0.1) is 12.7 Å². The number of allylic oxidation sites excluding steroid dienone is 1. The Kier molecular flexibility index (Phi) is 11.6. The lowest BCUT2D eigenvalue weighted by Crippen LogP contribution is -2.25. The molecule has 1 atom stereocenters. The standard InChI is InChI=1S/C35H47F3O2/c1-3-5-6-22-40-33-21-19-29(23-31(33)36)25-11-8-24(9-12-25)10-13-28-18-20-30(35(38)34(28)37)26-14-16-27(17-15-26)32(39)7-4-2/h3,18-21,23-27,32,39H,1,4-17,22H2,2H3. The first-order valence-electron chi connectivity index (χ1n) is 15.6. The number of aliphatic hydroxyl groups is 1. The lowest BCUT2D eigenvalue weighted by atomic mass is 9.75. The molecule has 0 bridgehead atoms. The maximum atomic E-state index is 15.1. The van der Waals surface area contributed by atoms with E-state index in [9.17, 15) is 9.50 Å². The molecule has 40 heavy (non-hydrogen) atoms. The fourth-order valence-corrected chi connectivity index (χ4v) is 6.90. The predicted octanol–water partition coefficient (Wildman–Crippen LogP) is 9.79. The van der Waals surface area contributed by atoms with Gasteiger partial charge >= 0.3 is 0 Å². The van der Waals surface area contributed by atoms with Gasteiger partial charge < -0.3 is 9.84 Å². The highest BCUT2D eigenvalue weighted by atomic mass is 19.2. The molecule has 0 heterocycles. The van der Waals surface area contributed by atoms with Crippen LogP contribution in [0.2, 0.25) is 0 Å². The van der Waals surface area contributed by atoms with Crippen LogP contribution in [-0.4, -0.2) is 17.8 Å². The lowest BCUT2D eigenvalue weighted by molar-refractivity contribution is 0.0727. The molecule has 0 aromatic heterocycles. The van der Waals surface area contributed by atoms with Crippen LogP contribution in [0.25, 0.3) is 0 Å². The van der Waals surface area contributed by atoms with E-state index < -0.39 is 11.6 Å². The molecule has 2 aromatic carbocycles. The fraction of sp³-hybridized carbons (Fsp3) is 0.600. The first-order chi connectivity index (χ1) is 19.4. The summed E-state index contributed by atoms with van der Waals surface area (Å²) >= 11 is 0. The minimum Gasteiger partial charge on any atom is -0.491 e. The summed E-state index contributed by atoms with van der Waals surface area (Å²) in [4.78, 5) is 0. The van der Waals surface area contributed by atoms with Crippen LogP contribution in [0.1, 0.15) is 119 Å². The maximum Gasteiger partial charge on any atom is 0.165 e. The summed E-state index contributed by atoms with van der Waals surface area (Å²) in [5.74, 6) is -0.236. The van der Waals surface area contributed by atoms with Gasteiger partial charge in [-0.2, -0.15) is 0 Å². The highest BCUT2D eigenvalue weighted by Crippen LogP contribution is 2.41. The van der Waals surface area contributed by atoms with Crippen LogP contribution in [0.3, 0.4) is 0 Å². The van der Waals surface area contributed by atoms with Crippen molar-refractivity contribution in [3.63, 3.8) is 0 Å². The zero-order valence-electron chi connectivity index (χ0n) is 24.2. The summed E-state index contributed by atoms with van der Waals surface area (Å²) in [5, 5.41) is 10.3. The Balaban J connectivity index is 1.24. The monoisotopic (exact) mass is 556 g/mol. The van der Waals surface area contributed by atoms with E-state index in [-0.39, 0.29) is 23.8 Å². The van der Waals surface area contributed by atoms with Gasteiger partial charge in [0.1, 0.15) is 0 Å². The Labute approximate surface area is 239 Å². The summed E-state index contributed by atoms with van der Waals surface area (Å²) < 4.78 is 50.3. The zero-order chi connectivity index (χ0) is 28.5. The van der Waals surface area contributed by atoms with Gasteiger partial charge in [-0.3, -0.25) is 0 Å².